The second-order valence-electron chi connectivity index (χ2n) is 4.74. The molecule has 0 amide bonds. The van der Waals surface area contributed by atoms with Gasteiger partial charge in [0, 0.05) is 0 Å². The molecule has 0 fully saturated rings. The first kappa shape index (κ1) is 12.1. The van der Waals surface area contributed by atoms with Crippen molar-refractivity contribution in [2.45, 2.75) is 18.9 Å². The standard InChI is InChI=1S/C16H13ClN2/c17-14-9-11(10-18)5-7-16(14)19-15-8-6-12-3-1-2-4-13(12)15/h1-5,7,9,15,19H,6,8H2. The van der Waals surface area contributed by atoms with Gasteiger partial charge in [0.25, 0.3) is 0 Å². The van der Waals surface area contributed by atoms with Crippen molar-refractivity contribution >= 4 is 17.3 Å². The molecule has 3 heteroatoms. The molecule has 1 unspecified atom stereocenters. The molecule has 2 aromatic rings. The lowest BCUT2D eigenvalue weighted by molar-refractivity contribution is 0.762. The fourth-order valence-corrected chi connectivity index (χ4v) is 2.83. The van der Waals surface area contributed by atoms with Crippen LogP contribution in [0.5, 0.6) is 0 Å². The van der Waals surface area contributed by atoms with E-state index in [2.05, 4.69) is 35.7 Å². The van der Waals surface area contributed by atoms with E-state index in [1.165, 1.54) is 11.1 Å². The molecule has 0 aromatic heterocycles. The molecule has 2 nitrogen and oxygen atoms in total. The van der Waals surface area contributed by atoms with Crippen LogP contribution >= 0.6 is 11.6 Å². The SMILES string of the molecule is N#Cc1ccc(NC2CCc3ccccc32)c(Cl)c1. The van der Waals surface area contributed by atoms with E-state index in [1.54, 1.807) is 12.1 Å². The van der Waals surface area contributed by atoms with Crippen LogP contribution in [-0.4, -0.2) is 0 Å². The summed E-state index contributed by atoms with van der Waals surface area (Å²) in [7, 11) is 0. The minimum absolute atomic E-state index is 0.307. The maximum absolute atomic E-state index is 8.84. The van der Waals surface area contributed by atoms with Crippen molar-refractivity contribution in [3.05, 3.63) is 64.2 Å². The molecule has 94 valence electrons. The molecule has 1 atom stereocenters. The van der Waals surface area contributed by atoms with Gasteiger partial charge in [-0.1, -0.05) is 35.9 Å². The largest absolute Gasteiger partial charge is 0.377 e. The zero-order valence-electron chi connectivity index (χ0n) is 10.4. The lowest BCUT2D eigenvalue weighted by Gasteiger charge is -2.16. The van der Waals surface area contributed by atoms with Crippen LogP contribution in [0.15, 0.2) is 42.5 Å². The summed E-state index contributed by atoms with van der Waals surface area (Å²) < 4.78 is 0. The quantitative estimate of drug-likeness (QED) is 0.881. The lowest BCUT2D eigenvalue weighted by Crippen LogP contribution is -2.07. The fraction of sp³-hybridized carbons (Fsp3) is 0.188. The monoisotopic (exact) mass is 268 g/mol. The van der Waals surface area contributed by atoms with Gasteiger partial charge in [-0.25, -0.2) is 0 Å². The number of anilines is 1. The van der Waals surface area contributed by atoms with Gasteiger partial charge in [-0.2, -0.15) is 5.26 Å². The fourth-order valence-electron chi connectivity index (χ4n) is 2.60. The highest BCUT2D eigenvalue weighted by atomic mass is 35.5. The van der Waals surface area contributed by atoms with Crippen LogP contribution in [-0.2, 0) is 6.42 Å². The average Bonchev–Trinajstić information content (AvgIpc) is 2.84. The molecule has 0 spiro atoms. The summed E-state index contributed by atoms with van der Waals surface area (Å²) in [6.45, 7) is 0. The molecule has 1 aliphatic carbocycles. The smallest absolute Gasteiger partial charge is 0.0992 e. The minimum Gasteiger partial charge on any atom is -0.377 e. The van der Waals surface area contributed by atoms with Crippen LogP contribution in [0.25, 0.3) is 0 Å². The van der Waals surface area contributed by atoms with E-state index in [9.17, 15) is 0 Å². The second kappa shape index (κ2) is 4.95. The van der Waals surface area contributed by atoms with Gasteiger partial charge < -0.3 is 5.32 Å². The Bertz CT molecular complexity index is 658. The summed E-state index contributed by atoms with van der Waals surface area (Å²) >= 11 is 6.20. The van der Waals surface area contributed by atoms with Crippen LogP contribution in [0.4, 0.5) is 5.69 Å². The first-order valence-corrected chi connectivity index (χ1v) is 6.70. The number of hydrogen-bond acceptors (Lipinski definition) is 2. The number of nitrogens with zero attached hydrogens (tertiary/aromatic N) is 1. The number of nitrogens with one attached hydrogen (secondary N) is 1. The van der Waals surface area contributed by atoms with Gasteiger partial charge in [0.15, 0.2) is 0 Å². The average molecular weight is 269 g/mol. The summed E-state index contributed by atoms with van der Waals surface area (Å²) in [6, 6.07) is 16.3. The molecule has 0 bridgehead atoms. The number of aryl methyl sites for hydroxylation is 1. The molecule has 1 N–H and O–H groups in total. The maximum atomic E-state index is 8.84. The predicted octanol–water partition coefficient (Wildman–Crippen LogP) is 4.31. The third-order valence-corrected chi connectivity index (χ3v) is 3.87. The second-order valence-corrected chi connectivity index (χ2v) is 5.15. The molecule has 3 rings (SSSR count). The highest BCUT2D eigenvalue weighted by Crippen LogP contribution is 2.35. The molecule has 0 radical (unpaired) electrons. The number of fused-ring (bicyclic) bond motifs is 1. The Morgan fingerprint density at radius 3 is 2.84 bits per heavy atom. The Kier molecular flexibility index (Phi) is 3.15. The zero-order valence-corrected chi connectivity index (χ0v) is 11.1. The van der Waals surface area contributed by atoms with Gasteiger partial charge in [0.1, 0.15) is 0 Å². The van der Waals surface area contributed by atoms with E-state index in [4.69, 9.17) is 16.9 Å². The normalized spacial score (nSPS) is 16.7. The van der Waals surface area contributed by atoms with Crippen molar-refractivity contribution in [3.8, 4) is 6.07 Å². The van der Waals surface area contributed by atoms with Crippen molar-refractivity contribution in [2.75, 3.05) is 5.32 Å². The number of rotatable bonds is 2. The first-order valence-electron chi connectivity index (χ1n) is 6.32. The highest BCUT2D eigenvalue weighted by molar-refractivity contribution is 6.33. The molecule has 0 saturated carbocycles. The molecule has 2 aromatic carbocycles. The number of nitriles is 1. The zero-order chi connectivity index (χ0) is 13.2. The van der Waals surface area contributed by atoms with E-state index in [-0.39, 0.29) is 0 Å². The molecule has 0 aliphatic heterocycles. The van der Waals surface area contributed by atoms with Gasteiger partial charge >= 0.3 is 0 Å². The molecule has 0 heterocycles. The topological polar surface area (TPSA) is 35.8 Å². The van der Waals surface area contributed by atoms with Crippen molar-refractivity contribution in [1.29, 1.82) is 5.26 Å². The van der Waals surface area contributed by atoms with Crippen molar-refractivity contribution in [1.82, 2.24) is 0 Å². The number of halogens is 1. The van der Waals surface area contributed by atoms with E-state index in [0.29, 0.717) is 16.6 Å². The minimum atomic E-state index is 0.307. The van der Waals surface area contributed by atoms with E-state index < -0.39 is 0 Å². The van der Waals surface area contributed by atoms with Gasteiger partial charge in [-0.3, -0.25) is 0 Å². The Balaban J connectivity index is 1.86. The maximum Gasteiger partial charge on any atom is 0.0992 e. The van der Waals surface area contributed by atoms with Crippen LogP contribution in [0.2, 0.25) is 5.02 Å². The Morgan fingerprint density at radius 2 is 2.05 bits per heavy atom. The number of benzene rings is 2. The van der Waals surface area contributed by atoms with Crippen LogP contribution in [0.3, 0.4) is 0 Å². The lowest BCUT2D eigenvalue weighted by atomic mass is 10.1. The van der Waals surface area contributed by atoms with Crippen molar-refractivity contribution < 1.29 is 0 Å². The molecular formula is C16H13ClN2. The molecule has 19 heavy (non-hydrogen) atoms. The highest BCUT2D eigenvalue weighted by Gasteiger charge is 2.22. The Morgan fingerprint density at radius 1 is 1.21 bits per heavy atom. The van der Waals surface area contributed by atoms with E-state index >= 15 is 0 Å². The summed E-state index contributed by atoms with van der Waals surface area (Å²) in [4.78, 5) is 0. The summed E-state index contributed by atoms with van der Waals surface area (Å²) in [5, 5.41) is 12.9. The summed E-state index contributed by atoms with van der Waals surface area (Å²) in [6.07, 6.45) is 2.18. The van der Waals surface area contributed by atoms with Gasteiger partial charge in [0.2, 0.25) is 0 Å². The molecule has 1 aliphatic rings. The van der Waals surface area contributed by atoms with Crippen molar-refractivity contribution in [3.63, 3.8) is 0 Å². The van der Waals surface area contributed by atoms with Gasteiger partial charge in [-0.05, 0) is 42.2 Å². The number of hydrogen-bond donors (Lipinski definition) is 1. The summed E-state index contributed by atoms with van der Waals surface area (Å²) in [5.41, 5.74) is 4.23. The molecular weight excluding hydrogens is 256 g/mol. The third-order valence-electron chi connectivity index (χ3n) is 3.56. The Hall–Kier alpha value is -1.98. The summed E-state index contributed by atoms with van der Waals surface area (Å²) in [5.74, 6) is 0. The van der Waals surface area contributed by atoms with E-state index in [1.807, 2.05) is 6.07 Å². The Labute approximate surface area is 117 Å². The van der Waals surface area contributed by atoms with E-state index in [0.717, 1.165) is 18.5 Å². The van der Waals surface area contributed by atoms with Gasteiger partial charge in [0.05, 0.1) is 28.4 Å². The van der Waals surface area contributed by atoms with Crippen molar-refractivity contribution in [2.24, 2.45) is 0 Å². The predicted molar refractivity (Wildman–Crippen MR) is 77.3 cm³/mol. The van der Waals surface area contributed by atoms with Crippen LogP contribution in [0, 0.1) is 11.3 Å². The first-order chi connectivity index (χ1) is 9.28. The third kappa shape index (κ3) is 2.30. The van der Waals surface area contributed by atoms with Crippen LogP contribution < -0.4 is 5.32 Å². The van der Waals surface area contributed by atoms with Gasteiger partial charge in [-0.15, -0.1) is 0 Å². The molecule has 0 saturated heterocycles. The van der Waals surface area contributed by atoms with Crippen LogP contribution in [0.1, 0.15) is 29.2 Å².